The van der Waals surface area contributed by atoms with Crippen LogP contribution in [0.5, 0.6) is 0 Å². The van der Waals surface area contributed by atoms with E-state index in [0.29, 0.717) is 17.9 Å². The van der Waals surface area contributed by atoms with Crippen molar-refractivity contribution in [3.8, 4) is 0 Å². The first-order valence-corrected chi connectivity index (χ1v) is 5.69. The molecule has 1 fully saturated rings. The summed E-state index contributed by atoms with van der Waals surface area (Å²) in [5.74, 6) is 5.50. The molecule has 1 amide bonds. The third-order valence-corrected chi connectivity index (χ3v) is 3.08. The molecule has 1 aliphatic rings. The Kier molecular flexibility index (Phi) is 3.78. The van der Waals surface area contributed by atoms with Gasteiger partial charge in [0.1, 0.15) is 5.76 Å². The van der Waals surface area contributed by atoms with Gasteiger partial charge in [-0.2, -0.15) is 0 Å². The van der Waals surface area contributed by atoms with Crippen molar-refractivity contribution in [1.82, 2.24) is 15.2 Å². The van der Waals surface area contributed by atoms with Crippen molar-refractivity contribution in [3.63, 3.8) is 0 Å². The van der Waals surface area contributed by atoms with Crippen LogP contribution >= 0.6 is 0 Å². The standard InChI is InChI=1S/C11H18N4O2/c1-14-3-5-15(6-4-14)8-10-9(2-7-17-10)11(16)13-12/h2,7H,3-6,8,12H2,1H3,(H,13,16). The second-order valence-corrected chi connectivity index (χ2v) is 4.31. The SMILES string of the molecule is CN1CCN(Cc2occc2C(=O)NN)CC1. The number of nitrogens with zero attached hydrogens (tertiary/aromatic N) is 2. The molecule has 0 aliphatic carbocycles. The number of nitrogens with one attached hydrogen (secondary N) is 1. The number of rotatable bonds is 3. The fraction of sp³-hybridized carbons (Fsp3) is 0.545. The molecule has 0 aromatic carbocycles. The first-order chi connectivity index (χ1) is 8.20. The molecule has 0 unspecified atom stereocenters. The molecule has 0 saturated carbocycles. The number of hydrogen-bond acceptors (Lipinski definition) is 5. The van der Waals surface area contributed by atoms with Crippen molar-refractivity contribution < 1.29 is 9.21 Å². The van der Waals surface area contributed by atoms with Crippen molar-refractivity contribution in [2.75, 3.05) is 33.2 Å². The van der Waals surface area contributed by atoms with E-state index < -0.39 is 0 Å². The number of piperazine rings is 1. The van der Waals surface area contributed by atoms with E-state index in [0.717, 1.165) is 26.2 Å². The van der Waals surface area contributed by atoms with Crippen LogP contribution in [-0.4, -0.2) is 48.9 Å². The van der Waals surface area contributed by atoms with Gasteiger partial charge in [0.25, 0.3) is 5.91 Å². The molecule has 1 aromatic heterocycles. The van der Waals surface area contributed by atoms with Gasteiger partial charge in [-0.15, -0.1) is 0 Å². The van der Waals surface area contributed by atoms with Gasteiger partial charge in [0.05, 0.1) is 18.4 Å². The van der Waals surface area contributed by atoms with Gasteiger partial charge in [0, 0.05) is 26.2 Å². The summed E-state index contributed by atoms with van der Waals surface area (Å²) in [6.45, 7) is 4.71. The van der Waals surface area contributed by atoms with Crippen LogP contribution in [0.15, 0.2) is 16.7 Å². The van der Waals surface area contributed by atoms with Crippen LogP contribution in [0.3, 0.4) is 0 Å². The molecule has 3 N–H and O–H groups in total. The molecule has 1 aliphatic heterocycles. The van der Waals surface area contributed by atoms with E-state index in [4.69, 9.17) is 10.3 Å². The average Bonchev–Trinajstić information content (AvgIpc) is 2.79. The average molecular weight is 238 g/mol. The molecular formula is C11H18N4O2. The summed E-state index contributed by atoms with van der Waals surface area (Å²) in [5, 5.41) is 0. The fourth-order valence-corrected chi connectivity index (χ4v) is 1.95. The highest BCUT2D eigenvalue weighted by Crippen LogP contribution is 2.14. The quantitative estimate of drug-likeness (QED) is 0.427. The van der Waals surface area contributed by atoms with Crippen molar-refractivity contribution in [1.29, 1.82) is 0 Å². The zero-order valence-electron chi connectivity index (χ0n) is 9.98. The van der Waals surface area contributed by atoms with Gasteiger partial charge < -0.3 is 9.32 Å². The number of amides is 1. The highest BCUT2D eigenvalue weighted by molar-refractivity contribution is 5.94. The van der Waals surface area contributed by atoms with Crippen molar-refractivity contribution in [3.05, 3.63) is 23.7 Å². The van der Waals surface area contributed by atoms with Crippen LogP contribution in [0, 0.1) is 0 Å². The summed E-state index contributed by atoms with van der Waals surface area (Å²) < 4.78 is 5.35. The number of hydrazine groups is 1. The van der Waals surface area contributed by atoms with Crippen LogP contribution in [0.4, 0.5) is 0 Å². The molecular weight excluding hydrogens is 220 g/mol. The minimum absolute atomic E-state index is 0.303. The molecule has 1 aromatic rings. The van der Waals surface area contributed by atoms with Crippen LogP contribution in [-0.2, 0) is 6.54 Å². The molecule has 0 spiro atoms. The van der Waals surface area contributed by atoms with Gasteiger partial charge in [-0.1, -0.05) is 0 Å². The number of carbonyl (C=O) groups excluding carboxylic acids is 1. The Bertz CT molecular complexity index is 383. The Morgan fingerprint density at radius 3 is 2.82 bits per heavy atom. The number of nitrogens with two attached hydrogens (primary N) is 1. The number of carbonyl (C=O) groups is 1. The lowest BCUT2D eigenvalue weighted by molar-refractivity contribution is 0.0947. The normalized spacial score (nSPS) is 18.2. The van der Waals surface area contributed by atoms with Gasteiger partial charge >= 0.3 is 0 Å². The highest BCUT2D eigenvalue weighted by atomic mass is 16.3. The Morgan fingerprint density at radius 2 is 2.18 bits per heavy atom. The molecule has 2 heterocycles. The number of hydrogen-bond donors (Lipinski definition) is 2. The predicted molar refractivity (Wildman–Crippen MR) is 63.1 cm³/mol. The molecule has 0 atom stereocenters. The second kappa shape index (κ2) is 5.31. The fourth-order valence-electron chi connectivity index (χ4n) is 1.95. The molecule has 0 radical (unpaired) electrons. The van der Waals surface area contributed by atoms with E-state index in [9.17, 15) is 4.79 Å². The summed E-state index contributed by atoms with van der Waals surface area (Å²) in [6, 6.07) is 1.65. The Labute approximate surface area is 100 Å². The van der Waals surface area contributed by atoms with Crippen LogP contribution < -0.4 is 11.3 Å². The highest BCUT2D eigenvalue weighted by Gasteiger charge is 2.19. The summed E-state index contributed by atoms with van der Waals surface area (Å²) in [5.41, 5.74) is 2.65. The van der Waals surface area contributed by atoms with E-state index >= 15 is 0 Å². The lowest BCUT2D eigenvalue weighted by atomic mass is 10.2. The maximum absolute atomic E-state index is 11.5. The van der Waals surface area contributed by atoms with Gasteiger partial charge in [0.15, 0.2) is 0 Å². The molecule has 94 valence electrons. The zero-order chi connectivity index (χ0) is 12.3. The number of nitrogen functional groups attached to an aromatic ring is 1. The molecule has 6 heteroatoms. The van der Waals surface area contributed by atoms with E-state index in [1.165, 1.54) is 6.26 Å². The molecule has 0 bridgehead atoms. The first-order valence-electron chi connectivity index (χ1n) is 5.69. The van der Waals surface area contributed by atoms with Crippen molar-refractivity contribution >= 4 is 5.91 Å². The summed E-state index contributed by atoms with van der Waals surface area (Å²) in [4.78, 5) is 16.0. The van der Waals surface area contributed by atoms with Gasteiger partial charge in [-0.3, -0.25) is 15.1 Å². The lowest BCUT2D eigenvalue weighted by Crippen LogP contribution is -2.44. The molecule has 2 rings (SSSR count). The van der Waals surface area contributed by atoms with Crippen molar-refractivity contribution in [2.45, 2.75) is 6.54 Å². The Morgan fingerprint density at radius 1 is 1.47 bits per heavy atom. The molecule has 6 nitrogen and oxygen atoms in total. The summed E-state index contributed by atoms with van der Waals surface area (Å²) in [6.07, 6.45) is 1.52. The topological polar surface area (TPSA) is 74.7 Å². The van der Waals surface area contributed by atoms with E-state index in [1.807, 2.05) is 0 Å². The van der Waals surface area contributed by atoms with E-state index in [2.05, 4.69) is 22.3 Å². The summed E-state index contributed by atoms with van der Waals surface area (Å²) >= 11 is 0. The monoisotopic (exact) mass is 238 g/mol. The van der Waals surface area contributed by atoms with E-state index in [-0.39, 0.29) is 5.91 Å². The third-order valence-electron chi connectivity index (χ3n) is 3.08. The zero-order valence-corrected chi connectivity index (χ0v) is 9.98. The maximum atomic E-state index is 11.5. The minimum atomic E-state index is -0.303. The van der Waals surface area contributed by atoms with Gasteiger partial charge in [-0.25, -0.2) is 5.84 Å². The first kappa shape index (κ1) is 12.1. The third kappa shape index (κ3) is 2.85. The Balaban J connectivity index is 1.99. The second-order valence-electron chi connectivity index (χ2n) is 4.31. The van der Waals surface area contributed by atoms with Crippen LogP contribution in [0.1, 0.15) is 16.1 Å². The maximum Gasteiger partial charge on any atom is 0.268 e. The minimum Gasteiger partial charge on any atom is -0.467 e. The lowest BCUT2D eigenvalue weighted by Gasteiger charge is -2.31. The number of likely N-dealkylation sites (N-methyl/N-ethyl adjacent to an activating group) is 1. The van der Waals surface area contributed by atoms with Gasteiger partial charge in [-0.05, 0) is 13.1 Å². The smallest absolute Gasteiger partial charge is 0.268 e. The van der Waals surface area contributed by atoms with E-state index in [1.54, 1.807) is 6.07 Å². The molecule has 17 heavy (non-hydrogen) atoms. The molecule has 1 saturated heterocycles. The summed E-state index contributed by atoms with van der Waals surface area (Å²) in [7, 11) is 2.11. The van der Waals surface area contributed by atoms with Crippen LogP contribution in [0.2, 0.25) is 0 Å². The van der Waals surface area contributed by atoms with Crippen LogP contribution in [0.25, 0.3) is 0 Å². The van der Waals surface area contributed by atoms with Gasteiger partial charge in [0.2, 0.25) is 0 Å². The Hall–Kier alpha value is -1.37. The predicted octanol–water partition coefficient (Wildman–Crippen LogP) is -0.369. The largest absolute Gasteiger partial charge is 0.467 e. The van der Waals surface area contributed by atoms with Crippen molar-refractivity contribution in [2.24, 2.45) is 5.84 Å². The number of furan rings is 1.